The van der Waals surface area contributed by atoms with Crippen molar-refractivity contribution < 1.29 is 18.3 Å². The molecule has 2 N–H and O–H groups in total. The third-order valence-corrected chi connectivity index (χ3v) is 6.72. The molecular weight excluding hydrogens is 486 g/mol. The summed E-state index contributed by atoms with van der Waals surface area (Å²) < 4.78 is 25.9. The molecule has 0 fully saturated rings. The second kappa shape index (κ2) is 10.2. The number of anilines is 1. The lowest BCUT2D eigenvalue weighted by Crippen LogP contribution is -2.29. The predicted molar refractivity (Wildman–Crippen MR) is 140 cm³/mol. The number of rotatable bonds is 7. The van der Waals surface area contributed by atoms with Crippen LogP contribution < -0.4 is 9.73 Å². The number of nitrogens with zero attached hydrogens (tertiary/aromatic N) is 2. The Morgan fingerprint density at radius 3 is 2.49 bits per heavy atom. The number of hydrogen-bond donors (Lipinski definition) is 2. The van der Waals surface area contributed by atoms with Crippen molar-refractivity contribution in [2.24, 2.45) is 5.10 Å². The summed E-state index contributed by atoms with van der Waals surface area (Å²) in [5.41, 5.74) is 4.45. The van der Waals surface area contributed by atoms with E-state index >= 15 is 0 Å². The van der Waals surface area contributed by atoms with Gasteiger partial charge in [-0.3, -0.25) is 9.10 Å². The van der Waals surface area contributed by atoms with Gasteiger partial charge < -0.3 is 5.11 Å². The molecule has 1 amide bonds. The van der Waals surface area contributed by atoms with Gasteiger partial charge in [0, 0.05) is 16.1 Å². The highest BCUT2D eigenvalue weighted by atomic mass is 35.5. The molecule has 7 nitrogen and oxygen atoms in total. The van der Waals surface area contributed by atoms with Gasteiger partial charge in [0.25, 0.3) is 5.91 Å². The van der Waals surface area contributed by atoms with Crippen molar-refractivity contribution >= 4 is 50.2 Å². The molecule has 0 aliphatic heterocycles. The van der Waals surface area contributed by atoms with E-state index in [2.05, 4.69) is 10.5 Å². The molecule has 35 heavy (non-hydrogen) atoms. The molecule has 178 valence electrons. The summed E-state index contributed by atoms with van der Waals surface area (Å²) in [7, 11) is -3.56. The van der Waals surface area contributed by atoms with E-state index in [9.17, 15) is 18.3 Å². The van der Waals surface area contributed by atoms with Gasteiger partial charge >= 0.3 is 0 Å². The van der Waals surface area contributed by atoms with Gasteiger partial charge in [0.2, 0.25) is 10.0 Å². The molecule has 0 bridgehead atoms. The van der Waals surface area contributed by atoms with Crippen LogP contribution in [0.25, 0.3) is 10.8 Å². The Morgan fingerprint density at radius 1 is 1.03 bits per heavy atom. The highest BCUT2D eigenvalue weighted by Crippen LogP contribution is 2.26. The minimum Gasteiger partial charge on any atom is -0.507 e. The summed E-state index contributed by atoms with van der Waals surface area (Å²) in [6.45, 7) is 0.0829. The zero-order valence-electron chi connectivity index (χ0n) is 18.7. The maximum atomic E-state index is 12.5. The molecule has 9 heteroatoms. The van der Waals surface area contributed by atoms with E-state index in [4.69, 9.17) is 11.6 Å². The summed E-state index contributed by atoms with van der Waals surface area (Å²) in [6, 6.07) is 24.1. The van der Waals surface area contributed by atoms with Gasteiger partial charge in [-0.1, -0.05) is 60.1 Å². The molecule has 4 rings (SSSR count). The number of fused-ring (bicyclic) bond motifs is 1. The molecule has 0 unspecified atom stereocenters. The standard InChI is InChI=1S/C26H22ClN3O4S/c1-35(33,34)30(22-7-4-6-21(27)15-22)17-18-9-11-20(12-10-18)26(32)29-28-16-24-23-8-3-2-5-19(23)13-14-25(24)31/h2-16,31H,17H2,1H3,(H,29,32)/b28-16+. The predicted octanol–water partition coefficient (Wildman–Crippen LogP) is 4.93. The van der Waals surface area contributed by atoms with Crippen LogP contribution in [0.3, 0.4) is 0 Å². The minimum absolute atomic E-state index is 0.0567. The zero-order valence-corrected chi connectivity index (χ0v) is 20.3. The fraction of sp³-hybridized carbons (Fsp3) is 0.0769. The summed E-state index contributed by atoms with van der Waals surface area (Å²) in [5.74, 6) is -0.386. The van der Waals surface area contributed by atoms with Crippen molar-refractivity contribution in [2.75, 3.05) is 10.6 Å². The maximum absolute atomic E-state index is 12.5. The number of aromatic hydroxyl groups is 1. The maximum Gasteiger partial charge on any atom is 0.271 e. The Hall–Kier alpha value is -3.88. The Labute approximate surface area is 208 Å². The van der Waals surface area contributed by atoms with Gasteiger partial charge in [-0.25, -0.2) is 13.8 Å². The number of sulfonamides is 1. The average molecular weight is 508 g/mol. The molecule has 0 saturated carbocycles. The molecule has 0 radical (unpaired) electrons. The topological polar surface area (TPSA) is 99.1 Å². The summed E-state index contributed by atoms with van der Waals surface area (Å²) >= 11 is 6.02. The number of amides is 1. The van der Waals surface area contributed by atoms with Gasteiger partial charge in [-0.2, -0.15) is 5.10 Å². The van der Waals surface area contributed by atoms with E-state index in [-0.39, 0.29) is 12.3 Å². The van der Waals surface area contributed by atoms with E-state index in [1.54, 1.807) is 60.7 Å². The second-order valence-corrected chi connectivity index (χ2v) is 10.2. The van der Waals surface area contributed by atoms with Crippen molar-refractivity contribution in [1.29, 1.82) is 0 Å². The molecule has 0 spiro atoms. The largest absolute Gasteiger partial charge is 0.507 e. The summed E-state index contributed by atoms with van der Waals surface area (Å²) in [5, 5.41) is 16.4. The molecule has 0 aliphatic carbocycles. The Morgan fingerprint density at radius 2 is 1.77 bits per heavy atom. The van der Waals surface area contributed by atoms with Gasteiger partial charge in [0.1, 0.15) is 5.75 Å². The molecular formula is C26H22ClN3O4S. The molecule has 0 aliphatic rings. The van der Waals surface area contributed by atoms with Gasteiger partial charge in [-0.05, 0) is 52.7 Å². The number of benzene rings is 4. The zero-order chi connectivity index (χ0) is 25.0. The molecule has 0 atom stereocenters. The second-order valence-electron chi connectivity index (χ2n) is 7.87. The molecule has 0 saturated heterocycles. The molecule has 4 aromatic carbocycles. The number of hydrogen-bond acceptors (Lipinski definition) is 5. The molecule has 0 heterocycles. The fourth-order valence-electron chi connectivity index (χ4n) is 3.60. The minimum atomic E-state index is -3.56. The summed E-state index contributed by atoms with van der Waals surface area (Å²) in [4.78, 5) is 12.5. The number of halogens is 1. The van der Waals surface area contributed by atoms with E-state index in [0.717, 1.165) is 17.0 Å². The quantitative estimate of drug-likeness (QED) is 0.274. The Balaban J connectivity index is 1.47. The third kappa shape index (κ3) is 5.79. The normalized spacial score (nSPS) is 11.6. The lowest BCUT2D eigenvalue weighted by Gasteiger charge is -2.22. The van der Waals surface area contributed by atoms with Crippen LogP contribution in [-0.2, 0) is 16.6 Å². The Bertz CT molecular complexity index is 1520. The van der Waals surface area contributed by atoms with Crippen molar-refractivity contribution in [1.82, 2.24) is 5.43 Å². The van der Waals surface area contributed by atoms with Crippen molar-refractivity contribution in [3.8, 4) is 5.75 Å². The number of nitrogens with one attached hydrogen (secondary N) is 1. The Kier molecular flexibility index (Phi) is 7.04. The van der Waals surface area contributed by atoms with Crippen molar-refractivity contribution in [3.63, 3.8) is 0 Å². The van der Waals surface area contributed by atoms with Gasteiger partial charge in [0.05, 0.1) is 24.7 Å². The van der Waals surface area contributed by atoms with Gasteiger partial charge in [0.15, 0.2) is 0 Å². The van der Waals surface area contributed by atoms with Crippen LogP contribution in [0.5, 0.6) is 5.75 Å². The molecule has 4 aromatic rings. The van der Waals surface area contributed by atoms with Gasteiger partial charge in [-0.15, -0.1) is 0 Å². The number of carbonyl (C=O) groups excluding carboxylic acids is 1. The van der Waals surface area contributed by atoms with Crippen LogP contribution >= 0.6 is 11.6 Å². The lowest BCUT2D eigenvalue weighted by atomic mass is 10.0. The number of phenols is 1. The lowest BCUT2D eigenvalue weighted by molar-refractivity contribution is 0.0955. The third-order valence-electron chi connectivity index (χ3n) is 5.35. The summed E-state index contributed by atoms with van der Waals surface area (Å²) in [6.07, 6.45) is 2.53. The van der Waals surface area contributed by atoms with Crippen LogP contribution in [0.1, 0.15) is 21.5 Å². The van der Waals surface area contributed by atoms with Crippen LogP contribution in [0, 0.1) is 0 Å². The van der Waals surface area contributed by atoms with Crippen LogP contribution in [0.15, 0.2) is 90.0 Å². The highest BCUT2D eigenvalue weighted by molar-refractivity contribution is 7.92. The van der Waals surface area contributed by atoms with Crippen molar-refractivity contribution in [2.45, 2.75) is 6.54 Å². The SMILES string of the molecule is CS(=O)(=O)N(Cc1ccc(C(=O)N/N=C/c2c(O)ccc3ccccc23)cc1)c1cccc(Cl)c1. The first-order valence-corrected chi connectivity index (χ1v) is 12.8. The van der Waals surface area contributed by atoms with Crippen LogP contribution in [0.4, 0.5) is 5.69 Å². The smallest absolute Gasteiger partial charge is 0.271 e. The van der Waals surface area contributed by atoms with E-state index in [1.165, 1.54) is 10.5 Å². The molecule has 0 aromatic heterocycles. The van der Waals surface area contributed by atoms with E-state index < -0.39 is 15.9 Å². The van der Waals surface area contributed by atoms with Crippen molar-refractivity contribution in [3.05, 3.63) is 107 Å². The first kappa shape index (κ1) is 24.3. The fourth-order valence-corrected chi connectivity index (χ4v) is 4.66. The first-order valence-electron chi connectivity index (χ1n) is 10.6. The van der Waals surface area contributed by atoms with E-state index in [1.807, 2.05) is 24.3 Å². The average Bonchev–Trinajstić information content (AvgIpc) is 2.83. The number of hydrazone groups is 1. The first-order chi connectivity index (χ1) is 16.7. The van der Waals surface area contributed by atoms with Crippen LogP contribution in [-0.4, -0.2) is 31.9 Å². The van der Waals surface area contributed by atoms with Crippen LogP contribution in [0.2, 0.25) is 5.02 Å². The van der Waals surface area contributed by atoms with E-state index in [0.29, 0.717) is 27.4 Å². The highest BCUT2D eigenvalue weighted by Gasteiger charge is 2.18. The number of phenolic OH excluding ortho intramolecular Hbond substituents is 1. The monoisotopic (exact) mass is 507 g/mol. The number of carbonyl (C=O) groups is 1.